The molecule has 1 saturated carbocycles. The fraction of sp³-hybridized carbons (Fsp3) is 0.333. The van der Waals surface area contributed by atoms with E-state index in [1.165, 1.54) is 7.11 Å². The molecule has 1 aliphatic heterocycles. The van der Waals surface area contributed by atoms with Crippen LogP contribution in [0.5, 0.6) is 0 Å². The number of anilines is 1. The number of benzene rings is 1. The molecule has 5 rings (SSSR count). The summed E-state index contributed by atoms with van der Waals surface area (Å²) in [6, 6.07) is 6.93. The molecule has 188 valence electrons. The molecule has 3 N–H and O–H groups in total. The van der Waals surface area contributed by atoms with Crippen LogP contribution in [-0.2, 0) is 11.2 Å². The molecule has 1 aromatic carbocycles. The average molecular weight is 549 g/mol. The number of ether oxygens (including phenoxy) is 1. The van der Waals surface area contributed by atoms with Gasteiger partial charge in [0.15, 0.2) is 5.13 Å². The highest BCUT2D eigenvalue weighted by molar-refractivity contribution is 7.17. The SMILES string of the molecule is COC(=O)c1ccccc1Cc1nc(N2C[C@@H]3C(NC(=O)c4[nH]c(C)c(Cl)c4Cl)[C@@H]3C2)sc1C(=O)O. The maximum absolute atomic E-state index is 12.7. The van der Waals surface area contributed by atoms with Gasteiger partial charge in [-0.25, -0.2) is 14.6 Å². The zero-order chi connectivity index (χ0) is 25.7. The minimum absolute atomic E-state index is 0.0116. The summed E-state index contributed by atoms with van der Waals surface area (Å²) >= 11 is 13.4. The number of carbonyl (C=O) groups is 3. The molecule has 1 saturated heterocycles. The van der Waals surface area contributed by atoms with Gasteiger partial charge in [-0.05, 0) is 18.6 Å². The first kappa shape index (κ1) is 24.6. The highest BCUT2D eigenvalue weighted by atomic mass is 35.5. The number of hydrogen-bond acceptors (Lipinski definition) is 7. The number of aromatic carboxylic acids is 1. The lowest BCUT2D eigenvalue weighted by molar-refractivity contribution is 0.0599. The van der Waals surface area contributed by atoms with Crippen molar-refractivity contribution in [1.29, 1.82) is 0 Å². The Morgan fingerprint density at radius 3 is 2.53 bits per heavy atom. The van der Waals surface area contributed by atoms with E-state index in [1.54, 1.807) is 31.2 Å². The van der Waals surface area contributed by atoms with E-state index in [2.05, 4.69) is 15.3 Å². The van der Waals surface area contributed by atoms with Crippen molar-refractivity contribution < 1.29 is 24.2 Å². The summed E-state index contributed by atoms with van der Waals surface area (Å²) in [6.07, 6.45) is 0.196. The smallest absolute Gasteiger partial charge is 0.347 e. The van der Waals surface area contributed by atoms with Gasteiger partial charge in [0, 0.05) is 43.1 Å². The first-order chi connectivity index (χ1) is 17.2. The molecule has 1 unspecified atom stereocenters. The molecule has 0 spiro atoms. The fourth-order valence-corrected chi connectivity index (χ4v) is 6.13. The summed E-state index contributed by atoms with van der Waals surface area (Å²) in [6.45, 7) is 3.05. The number of nitrogens with zero attached hydrogens (tertiary/aromatic N) is 2. The average Bonchev–Trinajstić information content (AvgIpc) is 3.22. The molecule has 3 heterocycles. The van der Waals surface area contributed by atoms with Crippen LogP contribution in [0, 0.1) is 18.8 Å². The van der Waals surface area contributed by atoms with Crippen molar-refractivity contribution in [1.82, 2.24) is 15.3 Å². The third-order valence-corrected chi connectivity index (χ3v) is 8.80. The summed E-state index contributed by atoms with van der Waals surface area (Å²) < 4.78 is 4.85. The number of nitrogens with one attached hydrogen (secondary N) is 2. The van der Waals surface area contributed by atoms with Crippen LogP contribution in [0.4, 0.5) is 5.13 Å². The quantitative estimate of drug-likeness (QED) is 0.380. The Hall–Kier alpha value is -3.08. The van der Waals surface area contributed by atoms with Gasteiger partial charge in [0.1, 0.15) is 10.6 Å². The number of carbonyl (C=O) groups excluding carboxylic acids is 2. The van der Waals surface area contributed by atoms with E-state index in [9.17, 15) is 19.5 Å². The monoisotopic (exact) mass is 548 g/mol. The number of amides is 1. The predicted octanol–water partition coefficient (Wildman–Crippen LogP) is 4.03. The largest absolute Gasteiger partial charge is 0.477 e. The van der Waals surface area contributed by atoms with E-state index >= 15 is 0 Å². The van der Waals surface area contributed by atoms with E-state index in [-0.39, 0.29) is 45.8 Å². The Labute approximate surface area is 220 Å². The van der Waals surface area contributed by atoms with Crippen molar-refractivity contribution in [3.63, 3.8) is 0 Å². The highest BCUT2D eigenvalue weighted by Gasteiger charge is 2.57. The van der Waals surface area contributed by atoms with Crippen molar-refractivity contribution in [2.75, 3.05) is 25.1 Å². The number of aromatic amines is 1. The molecule has 0 radical (unpaired) electrons. The summed E-state index contributed by atoms with van der Waals surface area (Å²) in [5, 5.41) is 14.0. The first-order valence-electron chi connectivity index (χ1n) is 11.2. The third kappa shape index (κ3) is 4.33. The summed E-state index contributed by atoms with van der Waals surface area (Å²) in [7, 11) is 1.31. The Kier molecular flexibility index (Phi) is 6.44. The standard InChI is InChI=1S/C24H22Cl2N4O5S/c1-10-16(25)17(26)19(27-10)21(31)29-18-13-8-30(9-14(13)18)24-28-15(20(36-24)22(32)33)7-11-5-3-4-6-12(11)23(34)35-2/h3-6,13-14,18,27H,7-9H2,1-2H3,(H,29,31)(H,32,33)/t13-,14+,18?. The van der Waals surface area contributed by atoms with Crippen molar-refractivity contribution >= 4 is 57.5 Å². The number of thiazole rings is 1. The number of H-pyrrole nitrogens is 1. The van der Waals surface area contributed by atoms with Crippen LogP contribution in [0.25, 0.3) is 0 Å². The minimum atomic E-state index is -1.06. The van der Waals surface area contributed by atoms with Gasteiger partial charge in [-0.2, -0.15) is 0 Å². The predicted molar refractivity (Wildman–Crippen MR) is 136 cm³/mol. The molecule has 2 aromatic heterocycles. The minimum Gasteiger partial charge on any atom is -0.477 e. The van der Waals surface area contributed by atoms with Gasteiger partial charge in [0.2, 0.25) is 0 Å². The molecular weight excluding hydrogens is 527 g/mol. The Balaban J connectivity index is 1.28. The van der Waals surface area contributed by atoms with Crippen LogP contribution < -0.4 is 10.2 Å². The van der Waals surface area contributed by atoms with Crippen molar-refractivity contribution in [3.8, 4) is 0 Å². The number of carboxylic acid groups (broad SMARTS) is 1. The molecule has 2 aliphatic rings. The van der Waals surface area contributed by atoms with Crippen molar-refractivity contribution in [3.05, 3.63) is 67.4 Å². The summed E-state index contributed by atoms with van der Waals surface area (Å²) in [4.78, 5) is 46.5. The fourth-order valence-electron chi connectivity index (χ4n) is 4.77. The maximum Gasteiger partial charge on any atom is 0.347 e. The number of carboxylic acids is 1. The normalized spacial score (nSPS) is 20.2. The lowest BCUT2D eigenvalue weighted by Crippen LogP contribution is -2.34. The van der Waals surface area contributed by atoms with Gasteiger partial charge in [-0.1, -0.05) is 52.7 Å². The number of fused-ring (bicyclic) bond motifs is 1. The summed E-state index contributed by atoms with van der Waals surface area (Å²) in [5.41, 5.74) is 2.32. The zero-order valence-corrected chi connectivity index (χ0v) is 21.6. The Bertz CT molecular complexity index is 1370. The number of rotatable bonds is 7. The van der Waals surface area contributed by atoms with E-state index in [0.717, 1.165) is 11.3 Å². The molecule has 2 fully saturated rings. The van der Waals surface area contributed by atoms with Crippen LogP contribution in [0.2, 0.25) is 10.0 Å². The van der Waals surface area contributed by atoms with Crippen LogP contribution in [-0.4, -0.2) is 59.2 Å². The van der Waals surface area contributed by atoms with Crippen molar-refractivity contribution in [2.45, 2.75) is 19.4 Å². The number of aryl methyl sites for hydroxylation is 1. The molecular formula is C24H22Cl2N4O5S. The molecule has 3 aromatic rings. The first-order valence-corrected chi connectivity index (χ1v) is 12.7. The number of esters is 1. The molecule has 3 atom stereocenters. The summed E-state index contributed by atoms with van der Waals surface area (Å²) in [5.74, 6) is -1.37. The van der Waals surface area contributed by atoms with Crippen LogP contribution >= 0.6 is 34.5 Å². The lowest BCUT2D eigenvalue weighted by atomic mass is 10.0. The number of halogens is 2. The van der Waals surface area contributed by atoms with Crippen LogP contribution in [0.1, 0.15) is 47.5 Å². The zero-order valence-electron chi connectivity index (χ0n) is 19.3. The van der Waals surface area contributed by atoms with Gasteiger partial charge in [-0.15, -0.1) is 0 Å². The molecule has 1 aliphatic carbocycles. The second-order valence-corrected chi connectivity index (χ2v) is 10.6. The number of aromatic nitrogens is 2. The van der Waals surface area contributed by atoms with E-state index in [4.69, 9.17) is 27.9 Å². The van der Waals surface area contributed by atoms with E-state index in [1.807, 2.05) is 4.90 Å². The highest BCUT2D eigenvalue weighted by Crippen LogP contribution is 2.48. The molecule has 12 heteroatoms. The topological polar surface area (TPSA) is 125 Å². The second-order valence-electron chi connectivity index (χ2n) is 8.89. The number of hydrogen-bond donors (Lipinski definition) is 3. The third-order valence-electron chi connectivity index (χ3n) is 6.70. The van der Waals surface area contributed by atoms with Gasteiger partial charge in [-0.3, -0.25) is 4.79 Å². The van der Waals surface area contributed by atoms with Crippen LogP contribution in [0.3, 0.4) is 0 Å². The number of piperidine rings is 1. The lowest BCUT2D eigenvalue weighted by Gasteiger charge is -2.19. The molecule has 0 bridgehead atoms. The van der Waals surface area contributed by atoms with E-state index in [0.29, 0.717) is 45.8 Å². The molecule has 36 heavy (non-hydrogen) atoms. The molecule has 1 amide bonds. The van der Waals surface area contributed by atoms with E-state index < -0.39 is 11.9 Å². The van der Waals surface area contributed by atoms with Gasteiger partial charge >= 0.3 is 11.9 Å². The van der Waals surface area contributed by atoms with Crippen molar-refractivity contribution in [2.24, 2.45) is 11.8 Å². The number of methoxy groups -OCH3 is 1. The maximum atomic E-state index is 12.7. The van der Waals surface area contributed by atoms with Gasteiger partial charge in [0.05, 0.1) is 28.4 Å². The Morgan fingerprint density at radius 1 is 1.22 bits per heavy atom. The Morgan fingerprint density at radius 2 is 1.92 bits per heavy atom. The second kappa shape index (κ2) is 9.42. The van der Waals surface area contributed by atoms with Gasteiger partial charge < -0.3 is 25.0 Å². The van der Waals surface area contributed by atoms with Gasteiger partial charge in [0.25, 0.3) is 5.91 Å². The van der Waals surface area contributed by atoms with Crippen LogP contribution in [0.15, 0.2) is 24.3 Å². The molecule has 9 nitrogen and oxygen atoms in total.